The summed E-state index contributed by atoms with van der Waals surface area (Å²) in [6.07, 6.45) is 0. The first-order valence-corrected chi connectivity index (χ1v) is 8.01. The minimum Gasteiger partial charge on any atom is -0.467 e. The Labute approximate surface area is 126 Å². The quantitative estimate of drug-likeness (QED) is 0.806. The molecular weight excluding hydrogens is 292 g/mol. The summed E-state index contributed by atoms with van der Waals surface area (Å²) >= 11 is 0. The first-order chi connectivity index (χ1) is 9.70. The molecule has 21 heavy (non-hydrogen) atoms. The predicted octanol–water partition coefficient (Wildman–Crippen LogP) is 1.55. The van der Waals surface area contributed by atoms with E-state index in [2.05, 4.69) is 5.32 Å². The molecule has 6 nitrogen and oxygen atoms in total. The molecule has 0 aliphatic carbocycles. The molecule has 1 rings (SSSR count). The lowest BCUT2D eigenvalue weighted by atomic mass is 10.0. The van der Waals surface area contributed by atoms with Gasteiger partial charge in [0.25, 0.3) is 0 Å². The van der Waals surface area contributed by atoms with Crippen molar-refractivity contribution in [2.24, 2.45) is 5.92 Å². The maximum absolute atomic E-state index is 12.0. The zero-order valence-corrected chi connectivity index (χ0v) is 13.8. The van der Waals surface area contributed by atoms with Gasteiger partial charge in [-0.15, -0.1) is 0 Å². The summed E-state index contributed by atoms with van der Waals surface area (Å²) in [6.45, 7) is 3.80. The summed E-state index contributed by atoms with van der Waals surface area (Å²) in [5, 5.41) is 3.05. The summed E-state index contributed by atoms with van der Waals surface area (Å²) in [5.74, 6) is -0.308. The molecule has 1 N–H and O–H groups in total. The Balaban J connectivity index is 2.95. The van der Waals surface area contributed by atoms with E-state index in [4.69, 9.17) is 4.74 Å². The second-order valence-corrected chi connectivity index (χ2v) is 7.35. The van der Waals surface area contributed by atoms with E-state index >= 15 is 0 Å². The fourth-order valence-corrected chi connectivity index (χ4v) is 2.64. The van der Waals surface area contributed by atoms with E-state index in [0.29, 0.717) is 5.69 Å². The van der Waals surface area contributed by atoms with Gasteiger partial charge >= 0.3 is 5.97 Å². The summed E-state index contributed by atoms with van der Waals surface area (Å²) in [6, 6.07) is 5.80. The SMILES string of the molecule is COC(=O)C(Nc1ccc(S(=O)(=O)N(C)C)cc1)C(C)C. The third-order valence-corrected chi connectivity index (χ3v) is 4.91. The number of benzene rings is 1. The van der Waals surface area contributed by atoms with Crippen molar-refractivity contribution in [2.45, 2.75) is 24.8 Å². The highest BCUT2D eigenvalue weighted by molar-refractivity contribution is 7.89. The number of rotatable bonds is 6. The molecule has 0 radical (unpaired) electrons. The van der Waals surface area contributed by atoms with Gasteiger partial charge in [0.05, 0.1) is 12.0 Å². The minimum atomic E-state index is -3.45. The van der Waals surface area contributed by atoms with Gasteiger partial charge in [0.2, 0.25) is 10.0 Å². The number of anilines is 1. The van der Waals surface area contributed by atoms with Crippen LogP contribution in [-0.2, 0) is 19.6 Å². The van der Waals surface area contributed by atoms with Crippen LogP contribution < -0.4 is 5.32 Å². The summed E-state index contributed by atoms with van der Waals surface area (Å²) in [4.78, 5) is 11.9. The molecule has 0 bridgehead atoms. The van der Waals surface area contributed by atoms with Crippen LogP contribution in [0.1, 0.15) is 13.8 Å². The lowest BCUT2D eigenvalue weighted by molar-refractivity contribution is -0.142. The molecule has 1 unspecified atom stereocenters. The van der Waals surface area contributed by atoms with Gasteiger partial charge < -0.3 is 10.1 Å². The highest BCUT2D eigenvalue weighted by Crippen LogP contribution is 2.19. The Bertz CT molecular complexity index is 579. The smallest absolute Gasteiger partial charge is 0.328 e. The molecular formula is C14H22N2O4S. The monoisotopic (exact) mass is 314 g/mol. The van der Waals surface area contributed by atoms with Gasteiger partial charge in [-0.1, -0.05) is 13.8 Å². The van der Waals surface area contributed by atoms with Crippen LogP contribution in [0.15, 0.2) is 29.2 Å². The number of carbonyl (C=O) groups is 1. The van der Waals surface area contributed by atoms with Gasteiger partial charge in [-0.25, -0.2) is 17.5 Å². The zero-order valence-electron chi connectivity index (χ0n) is 13.0. The van der Waals surface area contributed by atoms with E-state index in [0.717, 1.165) is 4.31 Å². The van der Waals surface area contributed by atoms with Crippen LogP contribution in [0.4, 0.5) is 5.69 Å². The van der Waals surface area contributed by atoms with Crippen LogP contribution >= 0.6 is 0 Å². The maximum atomic E-state index is 12.0. The van der Waals surface area contributed by atoms with E-state index in [9.17, 15) is 13.2 Å². The molecule has 0 saturated heterocycles. The first kappa shape index (κ1) is 17.5. The number of esters is 1. The number of sulfonamides is 1. The van der Waals surface area contributed by atoms with Crippen molar-refractivity contribution in [3.8, 4) is 0 Å². The molecule has 1 atom stereocenters. The summed E-state index contributed by atoms with van der Waals surface area (Å²) in [7, 11) is 0.853. The number of carbonyl (C=O) groups excluding carboxylic acids is 1. The van der Waals surface area contributed by atoms with Gasteiger partial charge in [0, 0.05) is 19.8 Å². The third kappa shape index (κ3) is 4.18. The van der Waals surface area contributed by atoms with E-state index in [1.807, 2.05) is 13.8 Å². The van der Waals surface area contributed by atoms with Gasteiger partial charge in [0.15, 0.2) is 0 Å². The second-order valence-electron chi connectivity index (χ2n) is 5.20. The fourth-order valence-electron chi connectivity index (χ4n) is 1.74. The average Bonchev–Trinajstić information content (AvgIpc) is 2.44. The Hall–Kier alpha value is -1.60. The van der Waals surface area contributed by atoms with Gasteiger partial charge in [0.1, 0.15) is 6.04 Å². The molecule has 1 aromatic rings. The highest BCUT2D eigenvalue weighted by atomic mass is 32.2. The number of ether oxygens (including phenoxy) is 1. The van der Waals surface area contributed by atoms with Crippen molar-refractivity contribution in [3.63, 3.8) is 0 Å². The largest absolute Gasteiger partial charge is 0.467 e. The Morgan fingerprint density at radius 3 is 2.10 bits per heavy atom. The van der Waals surface area contributed by atoms with Crippen LogP contribution in [0.5, 0.6) is 0 Å². The zero-order chi connectivity index (χ0) is 16.2. The van der Waals surface area contributed by atoms with E-state index in [-0.39, 0.29) is 16.8 Å². The molecule has 0 saturated carbocycles. The van der Waals surface area contributed by atoms with Crippen LogP contribution in [0, 0.1) is 5.92 Å². The van der Waals surface area contributed by atoms with Gasteiger partial charge in [-0.3, -0.25) is 0 Å². The molecule has 118 valence electrons. The summed E-state index contributed by atoms with van der Waals surface area (Å²) < 4.78 is 29.8. The third-order valence-electron chi connectivity index (χ3n) is 3.08. The van der Waals surface area contributed by atoms with E-state index in [1.54, 1.807) is 12.1 Å². The van der Waals surface area contributed by atoms with Crippen molar-refractivity contribution < 1.29 is 17.9 Å². The minimum absolute atomic E-state index is 0.0441. The Kier molecular flexibility index (Phi) is 5.74. The lowest BCUT2D eigenvalue weighted by Crippen LogP contribution is -2.35. The predicted molar refractivity (Wildman–Crippen MR) is 81.6 cm³/mol. The van der Waals surface area contributed by atoms with Crippen molar-refractivity contribution in [3.05, 3.63) is 24.3 Å². The van der Waals surface area contributed by atoms with Gasteiger partial charge in [-0.2, -0.15) is 0 Å². The maximum Gasteiger partial charge on any atom is 0.328 e. The Morgan fingerprint density at radius 1 is 1.19 bits per heavy atom. The van der Waals surface area contributed by atoms with Crippen LogP contribution in [0.25, 0.3) is 0 Å². The molecule has 0 amide bonds. The number of hydrogen-bond donors (Lipinski definition) is 1. The van der Waals surface area contributed by atoms with Crippen LogP contribution in [0.2, 0.25) is 0 Å². The molecule has 1 aromatic carbocycles. The molecule has 0 aromatic heterocycles. The number of nitrogens with one attached hydrogen (secondary N) is 1. The normalized spacial score (nSPS) is 13.3. The number of hydrogen-bond acceptors (Lipinski definition) is 5. The molecule has 0 aliphatic heterocycles. The highest BCUT2D eigenvalue weighted by Gasteiger charge is 2.23. The van der Waals surface area contributed by atoms with E-state index < -0.39 is 16.1 Å². The fraction of sp³-hybridized carbons (Fsp3) is 0.500. The van der Waals surface area contributed by atoms with Crippen LogP contribution in [-0.4, -0.2) is 45.9 Å². The van der Waals surface area contributed by atoms with Crippen LogP contribution in [0.3, 0.4) is 0 Å². The standard InChI is InChI=1S/C14H22N2O4S/c1-10(2)13(14(17)20-5)15-11-6-8-12(9-7-11)21(18,19)16(3)4/h6-10,13,15H,1-5H3. The van der Waals surface area contributed by atoms with Crippen molar-refractivity contribution in [1.82, 2.24) is 4.31 Å². The number of nitrogens with zero attached hydrogens (tertiary/aromatic N) is 1. The first-order valence-electron chi connectivity index (χ1n) is 6.57. The molecule has 0 spiro atoms. The second kappa shape index (κ2) is 6.91. The average molecular weight is 314 g/mol. The molecule has 0 fully saturated rings. The van der Waals surface area contributed by atoms with E-state index in [1.165, 1.54) is 33.3 Å². The molecule has 0 aliphatic rings. The Morgan fingerprint density at radius 2 is 1.71 bits per heavy atom. The lowest BCUT2D eigenvalue weighted by Gasteiger charge is -2.21. The topological polar surface area (TPSA) is 75.7 Å². The molecule has 0 heterocycles. The van der Waals surface area contributed by atoms with Crippen molar-refractivity contribution in [2.75, 3.05) is 26.5 Å². The van der Waals surface area contributed by atoms with Crippen molar-refractivity contribution in [1.29, 1.82) is 0 Å². The number of methoxy groups -OCH3 is 1. The van der Waals surface area contributed by atoms with Crippen molar-refractivity contribution >= 4 is 21.7 Å². The van der Waals surface area contributed by atoms with Gasteiger partial charge in [-0.05, 0) is 30.2 Å². The molecule has 7 heteroatoms. The summed E-state index contributed by atoms with van der Waals surface area (Å²) in [5.41, 5.74) is 0.664.